The minimum absolute atomic E-state index is 0.115. The number of rotatable bonds is 5. The first-order valence-corrected chi connectivity index (χ1v) is 5.54. The second-order valence-corrected chi connectivity index (χ2v) is 3.71. The molecule has 17 heavy (non-hydrogen) atoms. The summed E-state index contributed by atoms with van der Waals surface area (Å²) in [5, 5.41) is 16.2. The second-order valence-electron chi connectivity index (χ2n) is 3.71. The van der Waals surface area contributed by atoms with E-state index in [1.807, 2.05) is 0 Å². The van der Waals surface area contributed by atoms with Crippen LogP contribution in [0.2, 0.25) is 0 Å². The van der Waals surface area contributed by atoms with E-state index in [2.05, 4.69) is 22.3 Å². The van der Waals surface area contributed by atoms with Gasteiger partial charge in [-0.3, -0.25) is 0 Å². The Morgan fingerprint density at radius 1 is 1.59 bits per heavy atom. The van der Waals surface area contributed by atoms with Crippen LogP contribution in [0.5, 0.6) is 0 Å². The lowest BCUT2D eigenvalue weighted by molar-refractivity contribution is 0.0699. The van der Waals surface area contributed by atoms with E-state index >= 15 is 0 Å². The zero-order valence-corrected chi connectivity index (χ0v) is 9.55. The summed E-state index contributed by atoms with van der Waals surface area (Å²) in [5.41, 5.74) is 0.475. The molecule has 0 amide bonds. The van der Waals surface area contributed by atoms with E-state index in [0.717, 1.165) is 25.2 Å². The SMILES string of the molecule is CCCCNc1ccnc2c(C(=O)O)cnn12. The molecule has 2 aromatic rings. The molecule has 6 heteroatoms. The Morgan fingerprint density at radius 3 is 3.12 bits per heavy atom. The first-order chi connectivity index (χ1) is 8.24. The van der Waals surface area contributed by atoms with Gasteiger partial charge in [-0.05, 0) is 12.5 Å². The maximum atomic E-state index is 10.9. The van der Waals surface area contributed by atoms with Crippen LogP contribution in [0.3, 0.4) is 0 Å². The molecule has 0 bridgehead atoms. The second kappa shape index (κ2) is 4.82. The van der Waals surface area contributed by atoms with E-state index in [0.29, 0.717) is 5.65 Å². The van der Waals surface area contributed by atoms with Crippen LogP contribution < -0.4 is 5.32 Å². The highest BCUT2D eigenvalue weighted by Crippen LogP contribution is 2.13. The van der Waals surface area contributed by atoms with E-state index in [1.54, 1.807) is 12.3 Å². The summed E-state index contributed by atoms with van der Waals surface area (Å²) in [5.74, 6) is -0.255. The molecule has 0 fully saturated rings. The predicted octanol–water partition coefficient (Wildman–Crippen LogP) is 1.64. The molecule has 2 heterocycles. The van der Waals surface area contributed by atoms with Crippen molar-refractivity contribution in [2.24, 2.45) is 0 Å². The molecule has 0 saturated carbocycles. The molecule has 0 aromatic carbocycles. The Morgan fingerprint density at radius 2 is 2.41 bits per heavy atom. The van der Waals surface area contributed by atoms with Crippen LogP contribution in [-0.2, 0) is 0 Å². The van der Waals surface area contributed by atoms with E-state index < -0.39 is 5.97 Å². The molecule has 0 atom stereocenters. The Balaban J connectivity index is 2.34. The van der Waals surface area contributed by atoms with Gasteiger partial charge in [0.2, 0.25) is 0 Å². The fourth-order valence-corrected chi connectivity index (χ4v) is 1.57. The molecular weight excluding hydrogens is 220 g/mol. The van der Waals surface area contributed by atoms with Crippen LogP contribution in [-0.4, -0.2) is 32.2 Å². The number of hydrogen-bond donors (Lipinski definition) is 2. The topological polar surface area (TPSA) is 79.5 Å². The molecule has 0 saturated heterocycles. The lowest BCUT2D eigenvalue weighted by Gasteiger charge is -2.06. The van der Waals surface area contributed by atoms with Gasteiger partial charge >= 0.3 is 5.97 Å². The van der Waals surface area contributed by atoms with Gasteiger partial charge in [-0.15, -0.1) is 0 Å². The lowest BCUT2D eigenvalue weighted by Crippen LogP contribution is -2.07. The van der Waals surface area contributed by atoms with Crippen molar-refractivity contribution >= 4 is 17.4 Å². The number of unbranched alkanes of at least 4 members (excludes halogenated alkanes) is 1. The number of carbonyl (C=O) groups is 1. The molecule has 2 rings (SSSR count). The summed E-state index contributed by atoms with van der Waals surface area (Å²) < 4.78 is 1.51. The van der Waals surface area contributed by atoms with Gasteiger partial charge in [-0.2, -0.15) is 9.61 Å². The summed E-state index contributed by atoms with van der Waals surface area (Å²) in [6.45, 7) is 2.94. The molecule has 0 aliphatic carbocycles. The van der Waals surface area contributed by atoms with Crippen molar-refractivity contribution in [2.75, 3.05) is 11.9 Å². The van der Waals surface area contributed by atoms with Crippen molar-refractivity contribution < 1.29 is 9.90 Å². The third-order valence-corrected chi connectivity index (χ3v) is 2.47. The van der Waals surface area contributed by atoms with Crippen LogP contribution in [0, 0.1) is 0 Å². The highest BCUT2D eigenvalue weighted by Gasteiger charge is 2.13. The number of carboxylic acids is 1. The molecule has 0 aliphatic rings. The van der Waals surface area contributed by atoms with Gasteiger partial charge in [0.15, 0.2) is 5.65 Å². The Labute approximate surface area is 98.3 Å². The maximum Gasteiger partial charge on any atom is 0.341 e. The van der Waals surface area contributed by atoms with Crippen LogP contribution in [0.1, 0.15) is 30.1 Å². The minimum atomic E-state index is -1.02. The van der Waals surface area contributed by atoms with Gasteiger partial charge < -0.3 is 10.4 Å². The summed E-state index contributed by atoms with van der Waals surface area (Å²) in [6, 6.07) is 1.78. The standard InChI is InChI=1S/C11H14N4O2/c1-2-3-5-12-9-4-6-13-10-8(11(16)17)7-14-15(9)10/h4,6-7,12H,2-3,5H2,1H3,(H,16,17). The molecule has 0 radical (unpaired) electrons. The Kier molecular flexibility index (Phi) is 3.22. The van der Waals surface area contributed by atoms with Gasteiger partial charge in [-0.25, -0.2) is 9.78 Å². The molecule has 2 aromatic heterocycles. The number of nitrogens with zero attached hydrogens (tertiary/aromatic N) is 3. The van der Waals surface area contributed by atoms with E-state index in [-0.39, 0.29) is 5.56 Å². The van der Waals surface area contributed by atoms with Crippen LogP contribution in [0.15, 0.2) is 18.5 Å². The smallest absolute Gasteiger partial charge is 0.341 e. The molecule has 6 nitrogen and oxygen atoms in total. The van der Waals surface area contributed by atoms with Crippen LogP contribution in [0.25, 0.3) is 5.65 Å². The average Bonchev–Trinajstić information content (AvgIpc) is 2.74. The Bertz CT molecular complexity index is 535. The molecule has 2 N–H and O–H groups in total. The number of aromatic nitrogens is 3. The van der Waals surface area contributed by atoms with Crippen LogP contribution in [0.4, 0.5) is 5.82 Å². The zero-order valence-electron chi connectivity index (χ0n) is 9.55. The van der Waals surface area contributed by atoms with Gasteiger partial charge in [0.25, 0.3) is 0 Å². The quantitative estimate of drug-likeness (QED) is 0.769. The number of anilines is 1. The number of aromatic carboxylic acids is 1. The highest BCUT2D eigenvalue weighted by atomic mass is 16.4. The van der Waals surface area contributed by atoms with Gasteiger partial charge in [0.05, 0.1) is 6.20 Å². The number of carboxylic acid groups (broad SMARTS) is 1. The predicted molar refractivity (Wildman–Crippen MR) is 63.3 cm³/mol. The van der Waals surface area contributed by atoms with Gasteiger partial charge in [0.1, 0.15) is 11.4 Å². The Hall–Kier alpha value is -2.11. The minimum Gasteiger partial charge on any atom is -0.477 e. The molecule has 90 valence electrons. The van der Waals surface area contributed by atoms with Crippen molar-refractivity contribution in [1.82, 2.24) is 14.6 Å². The summed E-state index contributed by atoms with van der Waals surface area (Å²) in [6.07, 6.45) is 5.05. The zero-order chi connectivity index (χ0) is 12.3. The van der Waals surface area contributed by atoms with Gasteiger partial charge in [0, 0.05) is 12.7 Å². The fraction of sp³-hybridized carbons (Fsp3) is 0.364. The van der Waals surface area contributed by atoms with Crippen molar-refractivity contribution in [3.63, 3.8) is 0 Å². The highest BCUT2D eigenvalue weighted by molar-refractivity contribution is 5.94. The monoisotopic (exact) mass is 234 g/mol. The third-order valence-electron chi connectivity index (χ3n) is 2.47. The van der Waals surface area contributed by atoms with Crippen molar-refractivity contribution in [2.45, 2.75) is 19.8 Å². The molecular formula is C11H14N4O2. The van der Waals surface area contributed by atoms with E-state index in [1.165, 1.54) is 10.7 Å². The maximum absolute atomic E-state index is 10.9. The van der Waals surface area contributed by atoms with E-state index in [9.17, 15) is 4.79 Å². The van der Waals surface area contributed by atoms with Gasteiger partial charge in [-0.1, -0.05) is 13.3 Å². The normalized spacial score (nSPS) is 10.6. The number of nitrogens with one attached hydrogen (secondary N) is 1. The number of hydrogen-bond acceptors (Lipinski definition) is 4. The molecule has 0 spiro atoms. The largest absolute Gasteiger partial charge is 0.477 e. The lowest BCUT2D eigenvalue weighted by atomic mass is 10.3. The van der Waals surface area contributed by atoms with Crippen molar-refractivity contribution in [1.29, 1.82) is 0 Å². The number of fused-ring (bicyclic) bond motifs is 1. The van der Waals surface area contributed by atoms with Crippen molar-refractivity contribution in [3.8, 4) is 0 Å². The van der Waals surface area contributed by atoms with Crippen LogP contribution >= 0.6 is 0 Å². The van der Waals surface area contributed by atoms with Crippen molar-refractivity contribution in [3.05, 3.63) is 24.0 Å². The third kappa shape index (κ3) is 2.20. The summed E-state index contributed by atoms with van der Waals surface area (Å²) in [4.78, 5) is 15.0. The van der Waals surface area contributed by atoms with E-state index in [4.69, 9.17) is 5.11 Å². The first-order valence-electron chi connectivity index (χ1n) is 5.54. The first kappa shape index (κ1) is 11.4. The summed E-state index contributed by atoms with van der Waals surface area (Å²) in [7, 11) is 0. The average molecular weight is 234 g/mol. The molecule has 0 aliphatic heterocycles. The fourth-order valence-electron chi connectivity index (χ4n) is 1.57. The molecule has 0 unspecified atom stereocenters. The summed E-state index contributed by atoms with van der Waals surface area (Å²) >= 11 is 0.